The van der Waals surface area contributed by atoms with Crippen LogP contribution >= 0.6 is 0 Å². The number of hydrogen-bond donors (Lipinski definition) is 1. The van der Waals surface area contributed by atoms with Crippen molar-refractivity contribution in [2.24, 2.45) is 0 Å². The van der Waals surface area contributed by atoms with Crippen molar-refractivity contribution in [2.45, 2.75) is 12.8 Å². The molecule has 1 N–H and O–H groups in total. The minimum absolute atomic E-state index is 0.0948. The molecule has 0 atom stereocenters. The largest absolute Gasteiger partial charge is 0.378 e. The third-order valence-electron chi connectivity index (χ3n) is 4.36. The van der Waals surface area contributed by atoms with E-state index >= 15 is 0 Å². The molecular weight excluding hydrogens is 319 g/mol. The molecule has 5 heteroatoms. The summed E-state index contributed by atoms with van der Waals surface area (Å²) in [6, 6.07) is 14.6. The van der Waals surface area contributed by atoms with Crippen molar-refractivity contribution in [3.8, 4) is 0 Å². The first-order chi connectivity index (χ1) is 12.2. The van der Waals surface area contributed by atoms with Gasteiger partial charge in [0, 0.05) is 25.3 Å². The maximum atomic E-state index is 13.5. The zero-order valence-electron chi connectivity index (χ0n) is 14.2. The second kappa shape index (κ2) is 8.62. The van der Waals surface area contributed by atoms with E-state index < -0.39 is 5.82 Å². The molecule has 2 aromatic carbocycles. The number of ether oxygens (including phenoxy) is 1. The minimum atomic E-state index is -0.487. The number of nitrogens with one attached hydrogen (secondary N) is 1. The van der Waals surface area contributed by atoms with Crippen molar-refractivity contribution in [3.63, 3.8) is 0 Å². The highest BCUT2D eigenvalue weighted by Crippen LogP contribution is 2.17. The van der Waals surface area contributed by atoms with E-state index in [4.69, 9.17) is 4.74 Å². The number of carbonyl (C=O) groups excluding carboxylic acids is 1. The summed E-state index contributed by atoms with van der Waals surface area (Å²) in [7, 11) is 0. The molecule has 3 rings (SSSR count). The summed E-state index contributed by atoms with van der Waals surface area (Å²) in [5, 5.41) is 2.77. The lowest BCUT2D eigenvalue weighted by Crippen LogP contribution is -2.36. The minimum Gasteiger partial charge on any atom is -0.378 e. The Labute approximate surface area is 147 Å². The summed E-state index contributed by atoms with van der Waals surface area (Å²) < 4.78 is 18.9. The highest BCUT2D eigenvalue weighted by molar-refractivity contribution is 5.94. The Morgan fingerprint density at radius 2 is 1.80 bits per heavy atom. The third-order valence-corrected chi connectivity index (χ3v) is 4.36. The first kappa shape index (κ1) is 17.4. The second-order valence-electron chi connectivity index (χ2n) is 6.11. The average Bonchev–Trinajstić information content (AvgIpc) is 2.66. The van der Waals surface area contributed by atoms with Gasteiger partial charge in [0.1, 0.15) is 5.82 Å². The first-order valence-corrected chi connectivity index (χ1v) is 8.68. The van der Waals surface area contributed by atoms with Crippen molar-refractivity contribution in [3.05, 3.63) is 65.5 Å². The topological polar surface area (TPSA) is 41.6 Å². The molecule has 0 unspecified atom stereocenters. The molecule has 132 valence electrons. The standard InChI is InChI=1S/C20H23FN2O2/c21-19-6-2-1-5-18(19)20(24)22-11-3-4-16-7-9-17(10-8-16)23-12-14-25-15-13-23/h1-2,5-10H,3-4,11-15H2,(H,22,24). The Morgan fingerprint density at radius 1 is 1.08 bits per heavy atom. The summed E-state index contributed by atoms with van der Waals surface area (Å²) in [6.45, 7) is 3.95. The van der Waals surface area contributed by atoms with Gasteiger partial charge in [0.15, 0.2) is 0 Å². The molecule has 25 heavy (non-hydrogen) atoms. The number of anilines is 1. The monoisotopic (exact) mass is 342 g/mol. The fourth-order valence-corrected chi connectivity index (χ4v) is 2.93. The van der Waals surface area contributed by atoms with Crippen molar-refractivity contribution < 1.29 is 13.9 Å². The molecule has 2 aromatic rings. The lowest BCUT2D eigenvalue weighted by atomic mass is 10.1. The van der Waals surface area contributed by atoms with E-state index in [1.165, 1.54) is 23.4 Å². The molecule has 0 saturated carbocycles. The average molecular weight is 342 g/mol. The number of carbonyl (C=O) groups is 1. The van der Waals surface area contributed by atoms with Crippen LogP contribution in [0.3, 0.4) is 0 Å². The van der Waals surface area contributed by atoms with E-state index in [2.05, 4.69) is 34.5 Å². The Balaban J connectivity index is 1.43. The van der Waals surface area contributed by atoms with E-state index in [9.17, 15) is 9.18 Å². The van der Waals surface area contributed by atoms with E-state index in [1.807, 2.05) is 0 Å². The van der Waals surface area contributed by atoms with Gasteiger partial charge in [-0.1, -0.05) is 24.3 Å². The molecule has 0 radical (unpaired) electrons. The van der Waals surface area contributed by atoms with Crippen LogP contribution in [0, 0.1) is 5.82 Å². The van der Waals surface area contributed by atoms with Crippen molar-refractivity contribution >= 4 is 11.6 Å². The number of hydrogen-bond acceptors (Lipinski definition) is 3. The maximum Gasteiger partial charge on any atom is 0.254 e. The van der Waals surface area contributed by atoms with Crippen LogP contribution in [0.15, 0.2) is 48.5 Å². The lowest BCUT2D eigenvalue weighted by Gasteiger charge is -2.28. The summed E-state index contributed by atoms with van der Waals surface area (Å²) >= 11 is 0. The van der Waals surface area contributed by atoms with Gasteiger partial charge in [0.25, 0.3) is 5.91 Å². The molecule has 1 aliphatic rings. The molecule has 0 bridgehead atoms. The summed E-state index contributed by atoms with van der Waals surface area (Å²) in [4.78, 5) is 14.3. The van der Waals surface area contributed by atoms with Gasteiger partial charge >= 0.3 is 0 Å². The number of rotatable bonds is 6. The first-order valence-electron chi connectivity index (χ1n) is 8.68. The van der Waals surface area contributed by atoms with Crippen molar-refractivity contribution in [2.75, 3.05) is 37.7 Å². The molecule has 1 heterocycles. The van der Waals surface area contributed by atoms with Crippen LogP contribution in [0.5, 0.6) is 0 Å². The lowest BCUT2D eigenvalue weighted by molar-refractivity contribution is 0.0949. The summed E-state index contributed by atoms with van der Waals surface area (Å²) in [5.74, 6) is -0.848. The van der Waals surface area contributed by atoms with E-state index in [-0.39, 0.29) is 11.5 Å². The smallest absolute Gasteiger partial charge is 0.254 e. The molecular formula is C20H23FN2O2. The Hall–Kier alpha value is -2.40. The molecule has 1 saturated heterocycles. The van der Waals surface area contributed by atoms with E-state index in [0.29, 0.717) is 6.54 Å². The molecule has 1 amide bonds. The van der Waals surface area contributed by atoms with Gasteiger partial charge in [-0.05, 0) is 42.7 Å². The van der Waals surface area contributed by atoms with E-state index in [0.717, 1.165) is 39.1 Å². The van der Waals surface area contributed by atoms with Crippen LogP contribution in [-0.2, 0) is 11.2 Å². The summed E-state index contributed by atoms with van der Waals surface area (Å²) in [6.07, 6.45) is 1.69. The molecule has 4 nitrogen and oxygen atoms in total. The predicted molar refractivity (Wildman–Crippen MR) is 96.5 cm³/mol. The zero-order chi connectivity index (χ0) is 17.5. The Kier molecular flexibility index (Phi) is 6.01. The Morgan fingerprint density at radius 3 is 2.52 bits per heavy atom. The number of morpholine rings is 1. The molecule has 0 spiro atoms. The fourth-order valence-electron chi connectivity index (χ4n) is 2.93. The van der Waals surface area contributed by atoms with Gasteiger partial charge in [-0.3, -0.25) is 4.79 Å². The number of nitrogens with zero attached hydrogens (tertiary/aromatic N) is 1. The highest BCUT2D eigenvalue weighted by Gasteiger charge is 2.11. The molecule has 0 aromatic heterocycles. The van der Waals surface area contributed by atoms with Gasteiger partial charge in [-0.15, -0.1) is 0 Å². The van der Waals surface area contributed by atoms with E-state index in [1.54, 1.807) is 12.1 Å². The van der Waals surface area contributed by atoms with Crippen LogP contribution < -0.4 is 10.2 Å². The fraction of sp³-hybridized carbons (Fsp3) is 0.350. The number of benzene rings is 2. The number of aryl methyl sites for hydroxylation is 1. The number of halogens is 1. The van der Waals surface area contributed by atoms with Gasteiger partial charge in [-0.2, -0.15) is 0 Å². The van der Waals surface area contributed by atoms with Crippen LogP contribution in [0.2, 0.25) is 0 Å². The maximum absolute atomic E-state index is 13.5. The van der Waals surface area contributed by atoms with Crippen LogP contribution in [0.4, 0.5) is 10.1 Å². The molecule has 1 fully saturated rings. The molecule has 0 aliphatic carbocycles. The van der Waals surface area contributed by atoms with Gasteiger partial charge in [0.05, 0.1) is 18.8 Å². The van der Waals surface area contributed by atoms with Gasteiger partial charge in [-0.25, -0.2) is 4.39 Å². The van der Waals surface area contributed by atoms with Crippen molar-refractivity contribution in [1.82, 2.24) is 5.32 Å². The van der Waals surface area contributed by atoms with Crippen LogP contribution in [0.1, 0.15) is 22.3 Å². The van der Waals surface area contributed by atoms with Crippen LogP contribution in [0.25, 0.3) is 0 Å². The number of amides is 1. The zero-order valence-corrected chi connectivity index (χ0v) is 14.2. The van der Waals surface area contributed by atoms with Crippen molar-refractivity contribution in [1.29, 1.82) is 0 Å². The summed E-state index contributed by atoms with van der Waals surface area (Å²) in [5.41, 5.74) is 2.55. The second-order valence-corrected chi connectivity index (χ2v) is 6.11. The van der Waals surface area contributed by atoms with Crippen LogP contribution in [-0.4, -0.2) is 38.8 Å². The quantitative estimate of drug-likeness (QED) is 0.821. The van der Waals surface area contributed by atoms with Gasteiger partial charge in [0.2, 0.25) is 0 Å². The normalized spacial score (nSPS) is 14.4. The SMILES string of the molecule is O=C(NCCCc1ccc(N2CCOCC2)cc1)c1ccccc1F. The highest BCUT2D eigenvalue weighted by atomic mass is 19.1. The third kappa shape index (κ3) is 4.79. The molecule has 1 aliphatic heterocycles. The Bertz CT molecular complexity index is 697. The predicted octanol–water partition coefficient (Wildman–Crippen LogP) is 3.02. The van der Waals surface area contributed by atoms with Gasteiger partial charge < -0.3 is 15.0 Å².